The maximum Gasteiger partial charge on any atom is 0.307 e. The summed E-state index contributed by atoms with van der Waals surface area (Å²) in [6, 6.07) is 0. The van der Waals surface area contributed by atoms with Crippen LogP contribution in [-0.2, 0) is 14.6 Å². The van der Waals surface area contributed by atoms with Gasteiger partial charge in [0.05, 0.1) is 17.4 Å². The Bertz CT molecular complexity index is 271. The fourth-order valence-electron chi connectivity index (χ4n) is 0.866. The van der Waals surface area contributed by atoms with Crippen molar-refractivity contribution in [2.45, 2.75) is 13.8 Å². The summed E-state index contributed by atoms with van der Waals surface area (Å²) in [7, 11) is -3.20. The third-order valence-corrected chi connectivity index (χ3v) is 4.66. The summed E-state index contributed by atoms with van der Waals surface area (Å²) in [4.78, 5) is 10.4. The van der Waals surface area contributed by atoms with E-state index in [2.05, 4.69) is 0 Å². The molecule has 0 aromatic carbocycles. The molecule has 1 unspecified atom stereocenters. The smallest absolute Gasteiger partial charge is 0.307 e. The fourth-order valence-corrected chi connectivity index (χ4v) is 3.71. The largest absolute Gasteiger partial charge is 0.481 e. The summed E-state index contributed by atoms with van der Waals surface area (Å²) < 4.78 is 22.7. The molecular weight excluding hydrogens is 224 g/mol. The first-order chi connectivity index (χ1) is 6.39. The highest BCUT2D eigenvalue weighted by atomic mass is 32.2. The number of sulfone groups is 1. The molecule has 0 bridgehead atoms. The summed E-state index contributed by atoms with van der Waals surface area (Å²) in [6.45, 7) is 3.37. The van der Waals surface area contributed by atoms with Gasteiger partial charge in [-0.2, -0.15) is 11.8 Å². The monoisotopic (exact) mass is 240 g/mol. The molecule has 0 aromatic heterocycles. The van der Waals surface area contributed by atoms with E-state index in [1.54, 1.807) is 11.8 Å². The molecule has 0 spiro atoms. The highest BCUT2D eigenvalue weighted by molar-refractivity contribution is 8.00. The van der Waals surface area contributed by atoms with Crippen LogP contribution in [0.15, 0.2) is 0 Å². The van der Waals surface area contributed by atoms with Gasteiger partial charge in [0.2, 0.25) is 0 Å². The molecule has 0 radical (unpaired) electrons. The Morgan fingerprint density at radius 3 is 2.50 bits per heavy atom. The Hall–Kier alpha value is -0.230. The number of carbonyl (C=O) groups is 1. The number of hydrogen-bond acceptors (Lipinski definition) is 4. The van der Waals surface area contributed by atoms with Crippen molar-refractivity contribution in [1.82, 2.24) is 0 Å². The average Bonchev–Trinajstić information content (AvgIpc) is 2.03. The highest BCUT2D eigenvalue weighted by Crippen LogP contribution is 2.06. The summed E-state index contributed by atoms with van der Waals surface area (Å²) in [5.41, 5.74) is 0. The van der Waals surface area contributed by atoms with Crippen molar-refractivity contribution in [3.8, 4) is 0 Å². The lowest BCUT2D eigenvalue weighted by atomic mass is 10.2. The molecule has 14 heavy (non-hydrogen) atoms. The van der Waals surface area contributed by atoms with E-state index in [1.807, 2.05) is 6.92 Å². The predicted molar refractivity (Wildman–Crippen MR) is 58.5 cm³/mol. The van der Waals surface area contributed by atoms with Crippen LogP contribution in [0.5, 0.6) is 0 Å². The van der Waals surface area contributed by atoms with Crippen LogP contribution in [0.25, 0.3) is 0 Å². The second-order valence-corrected chi connectivity index (χ2v) is 6.67. The van der Waals surface area contributed by atoms with Crippen LogP contribution in [0.1, 0.15) is 13.8 Å². The highest BCUT2D eigenvalue weighted by Gasteiger charge is 2.20. The number of carboxylic acid groups (broad SMARTS) is 1. The van der Waals surface area contributed by atoms with Crippen molar-refractivity contribution in [1.29, 1.82) is 0 Å². The number of aliphatic carboxylic acids is 1. The molecule has 0 aliphatic heterocycles. The van der Waals surface area contributed by atoms with Gasteiger partial charge in [-0.05, 0) is 5.75 Å². The molecule has 0 fully saturated rings. The predicted octanol–water partition coefficient (Wildman–Crippen LogP) is 0.875. The van der Waals surface area contributed by atoms with Gasteiger partial charge in [0.25, 0.3) is 0 Å². The van der Waals surface area contributed by atoms with E-state index in [9.17, 15) is 13.2 Å². The van der Waals surface area contributed by atoms with Gasteiger partial charge < -0.3 is 5.11 Å². The van der Waals surface area contributed by atoms with E-state index in [0.29, 0.717) is 5.75 Å². The standard InChI is InChI=1S/C8H16O4S2/c1-3-13-4-5-14(11,12)6-7(2)8(9)10/h7H,3-6H2,1-2H3,(H,9,10). The molecule has 84 valence electrons. The van der Waals surface area contributed by atoms with E-state index in [4.69, 9.17) is 5.11 Å². The van der Waals surface area contributed by atoms with Crippen molar-refractivity contribution in [3.05, 3.63) is 0 Å². The van der Waals surface area contributed by atoms with Gasteiger partial charge in [-0.3, -0.25) is 4.79 Å². The Balaban J connectivity index is 4.01. The Morgan fingerprint density at radius 1 is 1.50 bits per heavy atom. The lowest BCUT2D eigenvalue weighted by Gasteiger charge is -2.06. The fraction of sp³-hybridized carbons (Fsp3) is 0.875. The topological polar surface area (TPSA) is 71.4 Å². The molecule has 1 atom stereocenters. The second kappa shape index (κ2) is 6.29. The zero-order chi connectivity index (χ0) is 11.2. The van der Waals surface area contributed by atoms with Gasteiger partial charge >= 0.3 is 5.97 Å². The van der Waals surface area contributed by atoms with Crippen molar-refractivity contribution in [2.75, 3.05) is 23.0 Å². The minimum Gasteiger partial charge on any atom is -0.481 e. The van der Waals surface area contributed by atoms with E-state index >= 15 is 0 Å². The summed E-state index contributed by atoms with van der Waals surface area (Å²) in [6.07, 6.45) is 0. The van der Waals surface area contributed by atoms with E-state index < -0.39 is 21.7 Å². The van der Waals surface area contributed by atoms with Gasteiger partial charge in [0.1, 0.15) is 0 Å². The molecule has 0 saturated heterocycles. The molecule has 0 aliphatic rings. The van der Waals surface area contributed by atoms with Crippen LogP contribution in [0, 0.1) is 5.92 Å². The average molecular weight is 240 g/mol. The minimum atomic E-state index is -3.20. The Labute approximate surface area is 89.0 Å². The van der Waals surface area contributed by atoms with Crippen LogP contribution in [0.2, 0.25) is 0 Å². The molecule has 0 amide bonds. The minimum absolute atomic E-state index is 0.0725. The number of carboxylic acids is 1. The molecular formula is C8H16O4S2. The zero-order valence-electron chi connectivity index (χ0n) is 8.39. The first kappa shape index (κ1) is 13.8. The Morgan fingerprint density at radius 2 is 2.07 bits per heavy atom. The van der Waals surface area contributed by atoms with E-state index in [1.165, 1.54) is 6.92 Å². The molecule has 0 saturated carbocycles. The van der Waals surface area contributed by atoms with Gasteiger partial charge in [-0.25, -0.2) is 8.42 Å². The molecule has 0 rings (SSSR count). The number of hydrogen-bond donors (Lipinski definition) is 1. The van der Waals surface area contributed by atoms with Crippen molar-refractivity contribution in [3.63, 3.8) is 0 Å². The Kier molecular flexibility index (Phi) is 6.19. The quantitative estimate of drug-likeness (QED) is 0.669. The zero-order valence-corrected chi connectivity index (χ0v) is 10.0. The van der Waals surface area contributed by atoms with Crippen molar-refractivity contribution < 1.29 is 18.3 Å². The lowest BCUT2D eigenvalue weighted by molar-refractivity contribution is -0.140. The summed E-state index contributed by atoms with van der Waals surface area (Å²) in [5, 5.41) is 8.55. The summed E-state index contributed by atoms with van der Waals surface area (Å²) in [5.74, 6) is -0.631. The van der Waals surface area contributed by atoms with Gasteiger partial charge in [-0.1, -0.05) is 13.8 Å². The third-order valence-electron chi connectivity index (χ3n) is 1.67. The maximum absolute atomic E-state index is 11.3. The van der Waals surface area contributed by atoms with Crippen LogP contribution in [0.3, 0.4) is 0 Å². The SMILES string of the molecule is CCSCCS(=O)(=O)CC(C)C(=O)O. The van der Waals surface area contributed by atoms with E-state index in [-0.39, 0.29) is 11.5 Å². The van der Waals surface area contributed by atoms with Crippen molar-refractivity contribution in [2.24, 2.45) is 5.92 Å². The van der Waals surface area contributed by atoms with Crippen LogP contribution < -0.4 is 0 Å². The first-order valence-electron chi connectivity index (χ1n) is 4.40. The molecule has 0 heterocycles. The summed E-state index contributed by atoms with van der Waals surface area (Å²) >= 11 is 1.54. The van der Waals surface area contributed by atoms with Crippen LogP contribution >= 0.6 is 11.8 Å². The van der Waals surface area contributed by atoms with Crippen molar-refractivity contribution >= 4 is 27.6 Å². The van der Waals surface area contributed by atoms with Crippen LogP contribution in [0.4, 0.5) is 0 Å². The molecule has 1 N–H and O–H groups in total. The maximum atomic E-state index is 11.3. The molecule has 0 aromatic rings. The van der Waals surface area contributed by atoms with Gasteiger partial charge in [-0.15, -0.1) is 0 Å². The van der Waals surface area contributed by atoms with Gasteiger partial charge in [0.15, 0.2) is 9.84 Å². The molecule has 6 heteroatoms. The van der Waals surface area contributed by atoms with E-state index in [0.717, 1.165) is 5.75 Å². The lowest BCUT2D eigenvalue weighted by Crippen LogP contribution is -2.23. The number of thioether (sulfide) groups is 1. The van der Waals surface area contributed by atoms with Crippen LogP contribution in [-0.4, -0.2) is 42.5 Å². The van der Waals surface area contributed by atoms with Gasteiger partial charge in [0, 0.05) is 5.75 Å². The normalized spacial score (nSPS) is 13.9. The third kappa shape index (κ3) is 6.26. The first-order valence-corrected chi connectivity index (χ1v) is 7.37. The second-order valence-electron chi connectivity index (χ2n) is 3.05. The number of rotatable bonds is 7. The molecule has 4 nitrogen and oxygen atoms in total. The molecule has 0 aliphatic carbocycles.